The highest BCUT2D eigenvalue weighted by molar-refractivity contribution is 6.00. The molecule has 0 radical (unpaired) electrons. The molecular formula is C24H28N2O2. The lowest BCUT2D eigenvalue weighted by Crippen LogP contribution is -2.16. The average Bonchev–Trinajstić information content (AvgIpc) is 2.77. The highest BCUT2D eigenvalue weighted by atomic mass is 16.5. The average molecular weight is 377 g/mol. The predicted octanol–water partition coefficient (Wildman–Crippen LogP) is 5.30. The third-order valence-corrected chi connectivity index (χ3v) is 5.28. The molecule has 0 heterocycles. The summed E-state index contributed by atoms with van der Waals surface area (Å²) in [4.78, 5) is 12.0. The van der Waals surface area contributed by atoms with Gasteiger partial charge in [-0.25, -0.2) is 5.43 Å². The van der Waals surface area contributed by atoms with Crippen molar-refractivity contribution in [2.24, 2.45) is 5.10 Å². The number of nitrogens with zero attached hydrogens (tertiary/aromatic N) is 1. The van der Waals surface area contributed by atoms with Gasteiger partial charge in [-0.3, -0.25) is 4.79 Å². The Morgan fingerprint density at radius 3 is 2.36 bits per heavy atom. The first-order valence-corrected chi connectivity index (χ1v) is 9.92. The van der Waals surface area contributed by atoms with E-state index >= 15 is 0 Å². The molecule has 0 aliphatic heterocycles. The summed E-state index contributed by atoms with van der Waals surface area (Å²) in [6, 6.07) is 16.1. The molecule has 1 aliphatic rings. The van der Waals surface area contributed by atoms with E-state index in [9.17, 15) is 4.79 Å². The van der Waals surface area contributed by atoms with Crippen molar-refractivity contribution < 1.29 is 9.53 Å². The summed E-state index contributed by atoms with van der Waals surface area (Å²) in [5.41, 5.74) is 6.75. The first-order valence-electron chi connectivity index (χ1n) is 9.92. The Bertz CT molecular complexity index is 830. The molecule has 1 amide bonds. The molecule has 1 aliphatic carbocycles. The van der Waals surface area contributed by atoms with Gasteiger partial charge in [0.1, 0.15) is 5.75 Å². The second kappa shape index (κ2) is 9.88. The van der Waals surface area contributed by atoms with Gasteiger partial charge in [0, 0.05) is 6.08 Å². The maximum Gasteiger partial charge on any atom is 0.264 e. The van der Waals surface area contributed by atoms with Crippen LogP contribution in [0.15, 0.2) is 59.7 Å². The highest BCUT2D eigenvalue weighted by Crippen LogP contribution is 2.32. The molecular weight excluding hydrogens is 348 g/mol. The van der Waals surface area contributed by atoms with Crippen LogP contribution in [0.2, 0.25) is 0 Å². The van der Waals surface area contributed by atoms with Crippen molar-refractivity contribution >= 4 is 17.7 Å². The second-order valence-corrected chi connectivity index (χ2v) is 7.24. The van der Waals surface area contributed by atoms with Crippen LogP contribution < -0.4 is 10.2 Å². The van der Waals surface area contributed by atoms with E-state index in [4.69, 9.17) is 4.74 Å². The third kappa shape index (κ3) is 5.56. The molecule has 0 bridgehead atoms. The number of ether oxygens (including phenoxy) is 1. The largest absolute Gasteiger partial charge is 0.497 e. The fourth-order valence-electron chi connectivity index (χ4n) is 3.56. The Balaban J connectivity index is 1.55. The molecule has 0 unspecified atom stereocenters. The smallest absolute Gasteiger partial charge is 0.264 e. The molecule has 0 atom stereocenters. The molecule has 0 spiro atoms. The van der Waals surface area contributed by atoms with E-state index in [-0.39, 0.29) is 5.91 Å². The summed E-state index contributed by atoms with van der Waals surface area (Å²) in [6.45, 7) is 1.91. The molecule has 0 saturated heterocycles. The molecule has 1 N–H and O–H groups in total. The van der Waals surface area contributed by atoms with E-state index in [1.165, 1.54) is 43.7 Å². The topological polar surface area (TPSA) is 50.7 Å². The summed E-state index contributed by atoms with van der Waals surface area (Å²) in [5.74, 6) is 1.23. The zero-order valence-corrected chi connectivity index (χ0v) is 16.7. The first kappa shape index (κ1) is 19.9. The number of benzene rings is 2. The predicted molar refractivity (Wildman–Crippen MR) is 115 cm³/mol. The maximum atomic E-state index is 12.0. The van der Waals surface area contributed by atoms with Gasteiger partial charge < -0.3 is 4.74 Å². The first-order chi connectivity index (χ1) is 13.7. The van der Waals surface area contributed by atoms with Crippen molar-refractivity contribution in [2.75, 3.05) is 7.11 Å². The van der Waals surface area contributed by atoms with Crippen molar-refractivity contribution in [2.45, 2.75) is 44.9 Å². The number of rotatable bonds is 6. The minimum Gasteiger partial charge on any atom is -0.497 e. The Labute approximate surface area is 167 Å². The van der Waals surface area contributed by atoms with Crippen molar-refractivity contribution in [1.29, 1.82) is 0 Å². The summed E-state index contributed by atoms with van der Waals surface area (Å²) in [6.07, 6.45) is 9.86. The summed E-state index contributed by atoms with van der Waals surface area (Å²) >= 11 is 0. The lowest BCUT2D eigenvalue weighted by Gasteiger charge is -2.22. The summed E-state index contributed by atoms with van der Waals surface area (Å²) < 4.78 is 5.12. The van der Waals surface area contributed by atoms with E-state index < -0.39 is 0 Å². The van der Waals surface area contributed by atoms with Gasteiger partial charge in [-0.15, -0.1) is 0 Å². The van der Waals surface area contributed by atoms with Crippen LogP contribution in [0, 0.1) is 0 Å². The minimum atomic E-state index is -0.256. The Morgan fingerprint density at radius 1 is 1.04 bits per heavy atom. The van der Waals surface area contributed by atoms with Gasteiger partial charge in [-0.1, -0.05) is 55.7 Å². The SMILES string of the molecule is COc1ccc(/C=C/C(=O)N/N=C(\C)c2ccc(C3CCCCC3)cc2)cc1. The molecule has 2 aromatic rings. The van der Waals surface area contributed by atoms with Crippen LogP contribution in [-0.2, 0) is 4.79 Å². The summed E-state index contributed by atoms with van der Waals surface area (Å²) in [5, 5.41) is 4.22. The van der Waals surface area contributed by atoms with Crippen LogP contribution >= 0.6 is 0 Å². The minimum absolute atomic E-state index is 0.256. The van der Waals surface area contributed by atoms with Gasteiger partial charge in [0.15, 0.2) is 0 Å². The molecule has 4 nitrogen and oxygen atoms in total. The summed E-state index contributed by atoms with van der Waals surface area (Å²) in [7, 11) is 1.63. The fourth-order valence-corrected chi connectivity index (χ4v) is 3.56. The molecule has 146 valence electrons. The lowest BCUT2D eigenvalue weighted by molar-refractivity contribution is -0.116. The van der Waals surface area contributed by atoms with Crippen LogP contribution in [0.5, 0.6) is 5.75 Å². The molecule has 1 saturated carbocycles. The molecule has 3 rings (SSSR count). The standard InChI is InChI=1S/C24H28N2O2/c1-18(20-11-13-22(14-12-20)21-6-4-3-5-7-21)25-26-24(27)17-10-19-8-15-23(28-2)16-9-19/h8-17,21H,3-7H2,1-2H3,(H,26,27)/b17-10+,25-18+. The van der Waals surface area contributed by atoms with Gasteiger partial charge >= 0.3 is 0 Å². The zero-order chi connectivity index (χ0) is 19.8. The van der Waals surface area contributed by atoms with E-state index in [0.29, 0.717) is 5.92 Å². The van der Waals surface area contributed by atoms with E-state index in [1.54, 1.807) is 13.2 Å². The Kier molecular flexibility index (Phi) is 7.01. The number of methoxy groups -OCH3 is 1. The van der Waals surface area contributed by atoms with Crippen LogP contribution in [0.25, 0.3) is 6.08 Å². The Morgan fingerprint density at radius 2 is 1.71 bits per heavy atom. The van der Waals surface area contributed by atoms with Crippen LogP contribution in [0.4, 0.5) is 0 Å². The van der Waals surface area contributed by atoms with Crippen molar-refractivity contribution in [3.63, 3.8) is 0 Å². The van der Waals surface area contributed by atoms with Crippen molar-refractivity contribution in [1.82, 2.24) is 5.43 Å². The highest BCUT2D eigenvalue weighted by Gasteiger charge is 2.15. The van der Waals surface area contributed by atoms with E-state index in [0.717, 1.165) is 22.6 Å². The molecule has 1 fully saturated rings. The second-order valence-electron chi connectivity index (χ2n) is 7.24. The molecule has 2 aromatic carbocycles. The molecule has 28 heavy (non-hydrogen) atoms. The fraction of sp³-hybridized carbons (Fsp3) is 0.333. The van der Waals surface area contributed by atoms with Crippen LogP contribution in [-0.4, -0.2) is 18.7 Å². The normalized spacial score (nSPS) is 15.6. The van der Waals surface area contributed by atoms with Gasteiger partial charge in [0.05, 0.1) is 12.8 Å². The number of nitrogens with one attached hydrogen (secondary N) is 1. The number of amides is 1. The molecule has 4 heteroatoms. The number of hydrogen-bond acceptors (Lipinski definition) is 3. The third-order valence-electron chi connectivity index (χ3n) is 5.28. The van der Waals surface area contributed by atoms with Gasteiger partial charge in [0.25, 0.3) is 5.91 Å². The van der Waals surface area contributed by atoms with Gasteiger partial charge in [0.2, 0.25) is 0 Å². The number of carbonyl (C=O) groups is 1. The monoisotopic (exact) mass is 376 g/mol. The van der Waals surface area contributed by atoms with Crippen molar-refractivity contribution in [3.05, 3.63) is 71.3 Å². The van der Waals surface area contributed by atoms with E-state index in [2.05, 4.69) is 34.8 Å². The van der Waals surface area contributed by atoms with Crippen molar-refractivity contribution in [3.8, 4) is 5.75 Å². The lowest BCUT2D eigenvalue weighted by atomic mass is 9.84. The van der Waals surface area contributed by atoms with Crippen LogP contribution in [0.1, 0.15) is 61.6 Å². The number of hydrazone groups is 1. The number of hydrogen-bond donors (Lipinski definition) is 1. The van der Waals surface area contributed by atoms with Gasteiger partial charge in [-0.05, 0) is 60.6 Å². The Hall–Kier alpha value is -2.88. The van der Waals surface area contributed by atoms with Crippen LogP contribution in [0.3, 0.4) is 0 Å². The maximum absolute atomic E-state index is 12.0. The number of carbonyl (C=O) groups excluding carboxylic acids is 1. The quantitative estimate of drug-likeness (QED) is 0.423. The zero-order valence-electron chi connectivity index (χ0n) is 16.7. The van der Waals surface area contributed by atoms with E-state index in [1.807, 2.05) is 31.2 Å². The molecule has 0 aromatic heterocycles. The van der Waals surface area contributed by atoms with Gasteiger partial charge in [-0.2, -0.15) is 5.10 Å².